The number of benzene rings is 1. The van der Waals surface area contributed by atoms with E-state index in [1.165, 1.54) is 0 Å². The summed E-state index contributed by atoms with van der Waals surface area (Å²) in [5, 5.41) is 4.64. The summed E-state index contributed by atoms with van der Waals surface area (Å²) in [4.78, 5) is 2.34. The number of nitrogens with one attached hydrogen (secondary N) is 1. The molecule has 0 radical (unpaired) electrons. The van der Waals surface area contributed by atoms with Crippen LogP contribution in [0.5, 0.6) is 0 Å². The number of likely N-dealkylation sites (tertiary alicyclic amines) is 1. The van der Waals surface area contributed by atoms with Gasteiger partial charge in [-0.05, 0) is 61.0 Å². The maximum absolute atomic E-state index is 6.21. The van der Waals surface area contributed by atoms with E-state index in [-0.39, 0.29) is 0 Å². The van der Waals surface area contributed by atoms with Crippen molar-refractivity contribution in [2.24, 2.45) is 0 Å². The van der Waals surface area contributed by atoms with Gasteiger partial charge in [0.2, 0.25) is 0 Å². The van der Waals surface area contributed by atoms with Crippen molar-refractivity contribution in [1.82, 2.24) is 4.90 Å². The van der Waals surface area contributed by atoms with Crippen LogP contribution in [-0.2, 0) is 0 Å². The van der Waals surface area contributed by atoms with Gasteiger partial charge in [0.15, 0.2) is 0 Å². The van der Waals surface area contributed by atoms with Crippen LogP contribution in [0, 0.1) is 0 Å². The average molecular weight is 338 g/mol. The lowest BCUT2D eigenvalue weighted by molar-refractivity contribution is 0.264. The zero-order chi connectivity index (χ0) is 12.4. The number of piperidine rings is 1. The fourth-order valence-corrected chi connectivity index (χ4v) is 2.84. The predicted octanol–water partition coefficient (Wildman–Crippen LogP) is 4.26. The first-order valence-corrected chi connectivity index (χ1v) is 7.21. The molecule has 1 heterocycles. The van der Waals surface area contributed by atoms with Gasteiger partial charge in [0.1, 0.15) is 0 Å². The van der Waals surface area contributed by atoms with Crippen LogP contribution in [0.1, 0.15) is 12.8 Å². The maximum atomic E-state index is 6.21. The minimum atomic E-state index is 0.487. The first kappa shape index (κ1) is 13.5. The van der Waals surface area contributed by atoms with E-state index in [4.69, 9.17) is 23.2 Å². The second-order valence-corrected chi connectivity index (χ2v) is 6.06. The molecule has 94 valence electrons. The molecule has 1 N–H and O–H groups in total. The lowest BCUT2D eigenvalue weighted by atomic mass is 10.1. The van der Waals surface area contributed by atoms with Crippen LogP contribution < -0.4 is 5.32 Å². The van der Waals surface area contributed by atoms with Crippen molar-refractivity contribution in [2.45, 2.75) is 18.9 Å². The smallest absolute Gasteiger partial charge is 0.0835 e. The van der Waals surface area contributed by atoms with Gasteiger partial charge in [0.05, 0.1) is 15.7 Å². The van der Waals surface area contributed by atoms with Crippen LogP contribution in [0.4, 0.5) is 5.69 Å². The minimum absolute atomic E-state index is 0.487. The van der Waals surface area contributed by atoms with E-state index in [0.717, 1.165) is 36.1 Å². The van der Waals surface area contributed by atoms with Gasteiger partial charge < -0.3 is 10.2 Å². The van der Waals surface area contributed by atoms with Crippen molar-refractivity contribution in [3.8, 4) is 0 Å². The summed E-state index contributed by atoms with van der Waals surface area (Å²) in [6.07, 6.45) is 2.28. The summed E-state index contributed by atoms with van der Waals surface area (Å²) >= 11 is 15.7. The molecule has 1 aliphatic rings. The van der Waals surface area contributed by atoms with E-state index in [1.807, 2.05) is 12.1 Å². The molecule has 0 spiro atoms. The van der Waals surface area contributed by atoms with Gasteiger partial charge in [-0.3, -0.25) is 0 Å². The van der Waals surface area contributed by atoms with E-state index < -0.39 is 0 Å². The fraction of sp³-hybridized carbons (Fsp3) is 0.500. The third-order valence-corrected chi connectivity index (χ3v) is 4.88. The van der Waals surface area contributed by atoms with E-state index in [1.54, 1.807) is 0 Å². The Morgan fingerprint density at radius 1 is 1.24 bits per heavy atom. The van der Waals surface area contributed by atoms with E-state index in [9.17, 15) is 0 Å². The topological polar surface area (TPSA) is 15.3 Å². The van der Waals surface area contributed by atoms with Crippen LogP contribution in [0.15, 0.2) is 16.6 Å². The van der Waals surface area contributed by atoms with Gasteiger partial charge in [0, 0.05) is 10.5 Å². The predicted molar refractivity (Wildman–Crippen MR) is 78.3 cm³/mol. The normalized spacial score (nSPS) is 18.4. The number of nitrogens with zero attached hydrogens (tertiary/aromatic N) is 1. The monoisotopic (exact) mass is 336 g/mol. The van der Waals surface area contributed by atoms with Crippen LogP contribution in [0.3, 0.4) is 0 Å². The summed E-state index contributed by atoms with van der Waals surface area (Å²) < 4.78 is 0.832. The van der Waals surface area contributed by atoms with Gasteiger partial charge >= 0.3 is 0 Å². The molecule has 17 heavy (non-hydrogen) atoms. The van der Waals surface area contributed by atoms with Gasteiger partial charge in [-0.1, -0.05) is 23.2 Å². The standard InChI is InChI=1S/C12H15BrCl2N2/c1-17-6-4-8(5-7-17)16-10-3-2-9(13)11(14)12(10)15/h2-3,8,16H,4-7H2,1H3. The Labute approximate surface area is 120 Å². The first-order valence-electron chi connectivity index (χ1n) is 5.66. The van der Waals surface area contributed by atoms with Crippen molar-refractivity contribution >= 4 is 44.8 Å². The summed E-state index contributed by atoms with van der Waals surface area (Å²) in [6, 6.07) is 4.38. The van der Waals surface area contributed by atoms with E-state index >= 15 is 0 Å². The first-order chi connectivity index (χ1) is 8.08. The summed E-state index contributed by atoms with van der Waals surface area (Å²) in [5.74, 6) is 0. The van der Waals surface area contributed by atoms with Crippen molar-refractivity contribution in [2.75, 3.05) is 25.5 Å². The maximum Gasteiger partial charge on any atom is 0.0835 e. The molecule has 0 atom stereocenters. The summed E-state index contributed by atoms with van der Waals surface area (Å²) in [5.41, 5.74) is 0.925. The molecule has 5 heteroatoms. The highest BCUT2D eigenvalue weighted by atomic mass is 79.9. The van der Waals surface area contributed by atoms with Gasteiger partial charge in [-0.15, -0.1) is 0 Å². The molecule has 1 fully saturated rings. The molecule has 2 nitrogen and oxygen atoms in total. The molecular formula is C12H15BrCl2N2. The van der Waals surface area contributed by atoms with Crippen molar-refractivity contribution in [3.63, 3.8) is 0 Å². The zero-order valence-electron chi connectivity index (χ0n) is 9.64. The molecule has 0 unspecified atom stereocenters. The number of rotatable bonds is 2. The van der Waals surface area contributed by atoms with E-state index in [2.05, 4.69) is 33.2 Å². The molecule has 2 rings (SSSR count). The lowest BCUT2D eigenvalue weighted by Crippen LogP contribution is -2.36. The molecule has 1 aliphatic heterocycles. The number of anilines is 1. The van der Waals surface area contributed by atoms with Gasteiger partial charge in [-0.25, -0.2) is 0 Å². The van der Waals surface area contributed by atoms with Crippen LogP contribution in [0.2, 0.25) is 10.0 Å². The molecule has 1 aromatic carbocycles. The Bertz CT molecular complexity index is 404. The van der Waals surface area contributed by atoms with Crippen molar-refractivity contribution < 1.29 is 0 Å². The average Bonchev–Trinajstić information content (AvgIpc) is 2.33. The Morgan fingerprint density at radius 3 is 2.53 bits per heavy atom. The zero-order valence-corrected chi connectivity index (χ0v) is 12.7. The highest BCUT2D eigenvalue weighted by Gasteiger charge is 2.18. The van der Waals surface area contributed by atoms with E-state index in [0.29, 0.717) is 16.1 Å². The molecule has 0 aliphatic carbocycles. The number of hydrogen-bond donors (Lipinski definition) is 1. The largest absolute Gasteiger partial charge is 0.381 e. The Balaban J connectivity index is 2.06. The Morgan fingerprint density at radius 2 is 1.88 bits per heavy atom. The van der Waals surface area contributed by atoms with Crippen molar-refractivity contribution in [1.29, 1.82) is 0 Å². The SMILES string of the molecule is CN1CCC(Nc2ccc(Br)c(Cl)c2Cl)CC1. The highest BCUT2D eigenvalue weighted by Crippen LogP contribution is 2.36. The second-order valence-electron chi connectivity index (χ2n) is 4.44. The van der Waals surface area contributed by atoms with Crippen LogP contribution in [0.25, 0.3) is 0 Å². The number of hydrogen-bond acceptors (Lipinski definition) is 2. The quantitative estimate of drug-likeness (QED) is 0.811. The molecule has 0 aromatic heterocycles. The summed E-state index contributed by atoms with van der Waals surface area (Å²) in [7, 11) is 2.15. The van der Waals surface area contributed by atoms with Crippen LogP contribution in [-0.4, -0.2) is 31.1 Å². The molecule has 0 amide bonds. The molecule has 0 bridgehead atoms. The minimum Gasteiger partial charge on any atom is -0.381 e. The second kappa shape index (κ2) is 5.79. The molecule has 1 saturated heterocycles. The van der Waals surface area contributed by atoms with Crippen LogP contribution >= 0.6 is 39.1 Å². The molecule has 0 saturated carbocycles. The van der Waals surface area contributed by atoms with Crippen molar-refractivity contribution in [3.05, 3.63) is 26.7 Å². The molecular weight excluding hydrogens is 323 g/mol. The van der Waals surface area contributed by atoms with Gasteiger partial charge in [-0.2, -0.15) is 0 Å². The van der Waals surface area contributed by atoms with Gasteiger partial charge in [0.25, 0.3) is 0 Å². The lowest BCUT2D eigenvalue weighted by Gasteiger charge is -2.30. The third kappa shape index (κ3) is 3.28. The number of halogens is 3. The Hall–Kier alpha value is 0.0400. The third-order valence-electron chi connectivity index (χ3n) is 3.11. The molecule has 1 aromatic rings. The Kier molecular flexibility index (Phi) is 4.59. The summed E-state index contributed by atoms with van der Waals surface area (Å²) in [6.45, 7) is 2.25. The fourth-order valence-electron chi connectivity index (χ4n) is 2.01. The highest BCUT2D eigenvalue weighted by molar-refractivity contribution is 9.10.